The predicted molar refractivity (Wildman–Crippen MR) is 63.1 cm³/mol. The summed E-state index contributed by atoms with van der Waals surface area (Å²) in [5.74, 6) is 0. The topological polar surface area (TPSA) is 55.6 Å². The summed E-state index contributed by atoms with van der Waals surface area (Å²) in [7, 11) is 0. The van der Waals surface area contributed by atoms with Crippen LogP contribution in [0.2, 0.25) is 10.0 Å². The molecule has 0 spiro atoms. The Morgan fingerprint density at radius 3 is 2.75 bits per heavy atom. The standard InChI is InChI=1S/C10H10Cl2N2O2/c11-8-2-1-6(3-9(8)12)14-5-7(4-13)16-10(14)15/h1-3,7H,4-5,13H2/t7-/m1/s1. The van der Waals surface area contributed by atoms with E-state index in [4.69, 9.17) is 33.7 Å². The quantitative estimate of drug-likeness (QED) is 0.888. The van der Waals surface area contributed by atoms with Crippen LogP contribution in [-0.4, -0.2) is 25.3 Å². The number of hydrogen-bond donors (Lipinski definition) is 1. The lowest BCUT2D eigenvalue weighted by atomic mass is 10.2. The van der Waals surface area contributed by atoms with E-state index >= 15 is 0 Å². The van der Waals surface area contributed by atoms with Gasteiger partial charge in [0, 0.05) is 12.2 Å². The van der Waals surface area contributed by atoms with Crippen molar-refractivity contribution in [2.45, 2.75) is 6.10 Å². The first kappa shape index (κ1) is 11.5. The van der Waals surface area contributed by atoms with Gasteiger partial charge < -0.3 is 10.5 Å². The number of carbonyl (C=O) groups excluding carboxylic acids is 1. The molecule has 1 aromatic carbocycles. The minimum Gasteiger partial charge on any atom is -0.443 e. The van der Waals surface area contributed by atoms with Gasteiger partial charge in [-0.15, -0.1) is 0 Å². The van der Waals surface area contributed by atoms with Crippen LogP contribution in [0, 0.1) is 0 Å². The maximum Gasteiger partial charge on any atom is 0.414 e. The van der Waals surface area contributed by atoms with E-state index in [1.165, 1.54) is 4.90 Å². The first-order chi connectivity index (χ1) is 7.61. The zero-order valence-electron chi connectivity index (χ0n) is 8.32. The fourth-order valence-electron chi connectivity index (χ4n) is 1.51. The van der Waals surface area contributed by atoms with Crippen molar-refractivity contribution in [3.63, 3.8) is 0 Å². The van der Waals surface area contributed by atoms with Crippen molar-refractivity contribution in [2.24, 2.45) is 5.73 Å². The average Bonchev–Trinajstić information content (AvgIpc) is 2.64. The Hall–Kier alpha value is -0.970. The lowest BCUT2D eigenvalue weighted by Crippen LogP contribution is -2.27. The monoisotopic (exact) mass is 260 g/mol. The fourth-order valence-corrected chi connectivity index (χ4v) is 1.80. The molecule has 1 heterocycles. The number of benzene rings is 1. The molecule has 1 atom stereocenters. The van der Waals surface area contributed by atoms with E-state index in [0.29, 0.717) is 28.8 Å². The maximum absolute atomic E-state index is 11.5. The minimum atomic E-state index is -0.408. The Balaban J connectivity index is 2.24. The Morgan fingerprint density at radius 2 is 2.19 bits per heavy atom. The van der Waals surface area contributed by atoms with E-state index in [9.17, 15) is 4.79 Å². The van der Waals surface area contributed by atoms with Crippen LogP contribution in [0.25, 0.3) is 0 Å². The van der Waals surface area contributed by atoms with Gasteiger partial charge in [-0.3, -0.25) is 4.90 Å². The Kier molecular flexibility index (Phi) is 3.23. The molecule has 2 N–H and O–H groups in total. The third-order valence-corrected chi connectivity index (χ3v) is 3.09. The van der Waals surface area contributed by atoms with Gasteiger partial charge in [0.1, 0.15) is 6.10 Å². The molecule has 16 heavy (non-hydrogen) atoms. The molecule has 1 amide bonds. The zero-order chi connectivity index (χ0) is 11.7. The van der Waals surface area contributed by atoms with E-state index in [2.05, 4.69) is 0 Å². The molecule has 0 radical (unpaired) electrons. The molecule has 0 saturated carbocycles. The third-order valence-electron chi connectivity index (χ3n) is 2.35. The summed E-state index contributed by atoms with van der Waals surface area (Å²) in [6.45, 7) is 0.747. The lowest BCUT2D eigenvalue weighted by Gasteiger charge is -2.13. The summed E-state index contributed by atoms with van der Waals surface area (Å²) >= 11 is 11.7. The highest BCUT2D eigenvalue weighted by atomic mass is 35.5. The molecular formula is C10H10Cl2N2O2. The van der Waals surface area contributed by atoms with Gasteiger partial charge >= 0.3 is 6.09 Å². The number of amides is 1. The largest absolute Gasteiger partial charge is 0.443 e. The van der Waals surface area contributed by atoms with Crippen LogP contribution in [-0.2, 0) is 4.74 Å². The number of nitrogens with zero attached hydrogens (tertiary/aromatic N) is 1. The summed E-state index contributed by atoms with van der Waals surface area (Å²) in [6, 6.07) is 4.99. The van der Waals surface area contributed by atoms with E-state index in [1.807, 2.05) is 0 Å². The van der Waals surface area contributed by atoms with Crippen molar-refractivity contribution in [3.8, 4) is 0 Å². The Morgan fingerprint density at radius 1 is 1.44 bits per heavy atom. The second-order valence-corrected chi connectivity index (χ2v) is 4.26. The molecule has 0 aliphatic carbocycles. The zero-order valence-corrected chi connectivity index (χ0v) is 9.83. The molecule has 0 bridgehead atoms. The van der Waals surface area contributed by atoms with E-state index in [0.717, 1.165) is 0 Å². The van der Waals surface area contributed by atoms with Crippen LogP contribution in [0.4, 0.5) is 10.5 Å². The van der Waals surface area contributed by atoms with Crippen LogP contribution in [0.5, 0.6) is 0 Å². The lowest BCUT2D eigenvalue weighted by molar-refractivity contribution is 0.145. The molecule has 6 heteroatoms. The molecule has 1 aromatic rings. The molecule has 1 aliphatic rings. The number of anilines is 1. The summed E-state index contributed by atoms with van der Waals surface area (Å²) in [5.41, 5.74) is 6.10. The van der Waals surface area contributed by atoms with Crippen molar-refractivity contribution in [3.05, 3.63) is 28.2 Å². The van der Waals surface area contributed by atoms with E-state index < -0.39 is 6.09 Å². The van der Waals surface area contributed by atoms with Crippen LogP contribution >= 0.6 is 23.2 Å². The molecule has 1 fully saturated rings. The number of hydrogen-bond acceptors (Lipinski definition) is 3. The van der Waals surface area contributed by atoms with Gasteiger partial charge in [0.25, 0.3) is 0 Å². The van der Waals surface area contributed by atoms with Crippen molar-refractivity contribution < 1.29 is 9.53 Å². The first-order valence-corrected chi connectivity index (χ1v) is 5.50. The predicted octanol–water partition coefficient (Wildman–Crippen LogP) is 2.28. The molecule has 0 unspecified atom stereocenters. The molecule has 0 aromatic heterocycles. The van der Waals surface area contributed by atoms with Gasteiger partial charge in [0.05, 0.1) is 16.6 Å². The van der Waals surface area contributed by atoms with Gasteiger partial charge in [0.15, 0.2) is 0 Å². The second-order valence-electron chi connectivity index (χ2n) is 3.45. The van der Waals surface area contributed by atoms with E-state index in [-0.39, 0.29) is 6.10 Å². The molecule has 1 aliphatic heterocycles. The molecule has 4 nitrogen and oxygen atoms in total. The fraction of sp³-hybridized carbons (Fsp3) is 0.300. The highest BCUT2D eigenvalue weighted by Gasteiger charge is 2.31. The Bertz CT molecular complexity index is 425. The number of cyclic esters (lactones) is 1. The van der Waals surface area contributed by atoms with Gasteiger partial charge in [-0.05, 0) is 18.2 Å². The normalized spacial score (nSPS) is 20.1. The van der Waals surface area contributed by atoms with Crippen LogP contribution in [0.3, 0.4) is 0 Å². The van der Waals surface area contributed by atoms with Crippen LogP contribution < -0.4 is 10.6 Å². The van der Waals surface area contributed by atoms with Crippen molar-refractivity contribution in [1.29, 1.82) is 0 Å². The van der Waals surface area contributed by atoms with Gasteiger partial charge in [-0.1, -0.05) is 23.2 Å². The third kappa shape index (κ3) is 2.09. The van der Waals surface area contributed by atoms with Gasteiger partial charge in [-0.2, -0.15) is 0 Å². The summed E-state index contributed by atoms with van der Waals surface area (Å²) in [4.78, 5) is 13.0. The first-order valence-electron chi connectivity index (χ1n) is 4.75. The molecule has 1 saturated heterocycles. The SMILES string of the molecule is NC[C@@H]1CN(c2ccc(Cl)c(Cl)c2)C(=O)O1. The van der Waals surface area contributed by atoms with Crippen LogP contribution in [0.15, 0.2) is 18.2 Å². The second kappa shape index (κ2) is 4.49. The number of halogens is 2. The number of rotatable bonds is 2. The molecule has 86 valence electrons. The summed E-state index contributed by atoms with van der Waals surface area (Å²) in [6.07, 6.45) is -0.671. The Labute approximate surface area is 103 Å². The smallest absolute Gasteiger partial charge is 0.414 e. The van der Waals surface area contributed by atoms with Crippen molar-refractivity contribution in [2.75, 3.05) is 18.0 Å². The van der Waals surface area contributed by atoms with Crippen molar-refractivity contribution >= 4 is 35.0 Å². The van der Waals surface area contributed by atoms with Gasteiger partial charge in [-0.25, -0.2) is 4.79 Å². The number of ether oxygens (including phenoxy) is 1. The number of nitrogens with two attached hydrogens (primary N) is 1. The maximum atomic E-state index is 11.5. The summed E-state index contributed by atoms with van der Waals surface area (Å²) in [5, 5.41) is 0.858. The average molecular weight is 261 g/mol. The highest BCUT2D eigenvalue weighted by Crippen LogP contribution is 2.29. The summed E-state index contributed by atoms with van der Waals surface area (Å²) < 4.78 is 5.03. The van der Waals surface area contributed by atoms with Gasteiger partial charge in [0.2, 0.25) is 0 Å². The molecule has 2 rings (SSSR count). The minimum absolute atomic E-state index is 0.262. The van der Waals surface area contributed by atoms with E-state index in [1.54, 1.807) is 18.2 Å². The highest BCUT2D eigenvalue weighted by molar-refractivity contribution is 6.42. The molecular weight excluding hydrogens is 251 g/mol. The van der Waals surface area contributed by atoms with Crippen molar-refractivity contribution in [1.82, 2.24) is 0 Å². The van der Waals surface area contributed by atoms with Crippen LogP contribution in [0.1, 0.15) is 0 Å². The number of carbonyl (C=O) groups is 1.